The third kappa shape index (κ3) is 3.84. The van der Waals surface area contributed by atoms with E-state index in [-0.39, 0.29) is 6.04 Å². The molecule has 0 spiro atoms. The molecule has 2 aromatic carbocycles. The van der Waals surface area contributed by atoms with E-state index in [2.05, 4.69) is 56.1 Å². The first-order valence-electron chi connectivity index (χ1n) is 7.16. The van der Waals surface area contributed by atoms with Crippen LogP contribution in [0.3, 0.4) is 0 Å². The second-order valence-electron chi connectivity index (χ2n) is 5.57. The van der Waals surface area contributed by atoms with Crippen LogP contribution in [0.5, 0.6) is 0 Å². The standard InChI is InChI=1S/C18H24N2/c1-14-11-15(2)13-17(12-14)20(3)10-9-18(19)16-7-5-4-6-8-16/h4-8,11-13,18H,9-10,19H2,1-3H3. The van der Waals surface area contributed by atoms with Crippen LogP contribution >= 0.6 is 0 Å². The molecule has 2 N–H and O–H groups in total. The van der Waals surface area contributed by atoms with Crippen molar-refractivity contribution in [1.29, 1.82) is 0 Å². The number of benzene rings is 2. The highest BCUT2D eigenvalue weighted by Crippen LogP contribution is 2.20. The van der Waals surface area contributed by atoms with E-state index >= 15 is 0 Å². The van der Waals surface area contributed by atoms with Gasteiger partial charge in [0.05, 0.1) is 0 Å². The quantitative estimate of drug-likeness (QED) is 0.893. The summed E-state index contributed by atoms with van der Waals surface area (Å²) in [7, 11) is 2.13. The topological polar surface area (TPSA) is 29.3 Å². The summed E-state index contributed by atoms with van der Waals surface area (Å²) in [6.07, 6.45) is 0.952. The molecule has 1 unspecified atom stereocenters. The highest BCUT2D eigenvalue weighted by atomic mass is 15.1. The van der Waals surface area contributed by atoms with E-state index in [1.807, 2.05) is 18.2 Å². The molecule has 0 amide bonds. The summed E-state index contributed by atoms with van der Waals surface area (Å²) in [6.45, 7) is 5.24. The predicted molar refractivity (Wildman–Crippen MR) is 87.2 cm³/mol. The molecule has 0 saturated heterocycles. The number of nitrogens with zero attached hydrogens (tertiary/aromatic N) is 1. The molecule has 0 fully saturated rings. The smallest absolute Gasteiger partial charge is 0.0368 e. The monoisotopic (exact) mass is 268 g/mol. The van der Waals surface area contributed by atoms with E-state index in [0.717, 1.165) is 13.0 Å². The van der Waals surface area contributed by atoms with Crippen LogP contribution in [0.15, 0.2) is 48.5 Å². The Morgan fingerprint density at radius 2 is 1.60 bits per heavy atom. The van der Waals surface area contributed by atoms with Gasteiger partial charge in [0.2, 0.25) is 0 Å². The van der Waals surface area contributed by atoms with Crippen molar-refractivity contribution in [3.63, 3.8) is 0 Å². The van der Waals surface area contributed by atoms with E-state index in [9.17, 15) is 0 Å². The van der Waals surface area contributed by atoms with Crippen molar-refractivity contribution in [1.82, 2.24) is 0 Å². The van der Waals surface area contributed by atoms with Gasteiger partial charge in [0.25, 0.3) is 0 Å². The molecular formula is C18H24N2. The molecule has 0 aliphatic heterocycles. The van der Waals surface area contributed by atoms with Crippen molar-refractivity contribution < 1.29 is 0 Å². The third-order valence-electron chi connectivity index (χ3n) is 3.65. The molecule has 2 heteroatoms. The van der Waals surface area contributed by atoms with Gasteiger partial charge in [-0.05, 0) is 49.1 Å². The Morgan fingerprint density at radius 3 is 2.20 bits per heavy atom. The molecule has 106 valence electrons. The normalized spacial score (nSPS) is 12.2. The molecular weight excluding hydrogens is 244 g/mol. The average molecular weight is 268 g/mol. The highest BCUT2D eigenvalue weighted by Gasteiger charge is 2.08. The second kappa shape index (κ2) is 6.58. The van der Waals surface area contributed by atoms with Gasteiger partial charge in [0.15, 0.2) is 0 Å². The molecule has 2 nitrogen and oxygen atoms in total. The predicted octanol–water partition coefficient (Wildman–Crippen LogP) is 3.83. The van der Waals surface area contributed by atoms with Gasteiger partial charge in [-0.3, -0.25) is 0 Å². The van der Waals surface area contributed by atoms with E-state index in [1.165, 1.54) is 22.4 Å². The van der Waals surface area contributed by atoms with E-state index < -0.39 is 0 Å². The minimum absolute atomic E-state index is 0.101. The molecule has 0 aliphatic rings. The Bertz CT molecular complexity index is 528. The van der Waals surface area contributed by atoms with E-state index in [4.69, 9.17) is 5.73 Å². The van der Waals surface area contributed by atoms with Crippen LogP contribution in [0, 0.1) is 13.8 Å². The fraction of sp³-hybridized carbons (Fsp3) is 0.333. The molecule has 0 heterocycles. The Morgan fingerprint density at radius 1 is 1.00 bits per heavy atom. The van der Waals surface area contributed by atoms with Crippen LogP contribution in [0.4, 0.5) is 5.69 Å². The maximum atomic E-state index is 6.25. The molecule has 0 radical (unpaired) electrons. The first-order chi connectivity index (χ1) is 9.56. The number of hydrogen-bond acceptors (Lipinski definition) is 2. The molecule has 0 saturated carbocycles. The Labute approximate surface area is 122 Å². The summed E-state index contributed by atoms with van der Waals surface area (Å²) < 4.78 is 0. The number of hydrogen-bond donors (Lipinski definition) is 1. The minimum Gasteiger partial charge on any atom is -0.375 e. The van der Waals surface area contributed by atoms with Gasteiger partial charge in [-0.25, -0.2) is 0 Å². The van der Waals surface area contributed by atoms with Gasteiger partial charge in [-0.2, -0.15) is 0 Å². The van der Waals surface area contributed by atoms with Gasteiger partial charge in [0, 0.05) is 25.3 Å². The van der Waals surface area contributed by atoms with Crippen molar-refractivity contribution in [3.05, 3.63) is 65.2 Å². The molecule has 0 aromatic heterocycles. The maximum absolute atomic E-state index is 6.25. The SMILES string of the molecule is Cc1cc(C)cc(N(C)CCC(N)c2ccccc2)c1. The number of anilines is 1. The third-order valence-corrected chi connectivity index (χ3v) is 3.65. The largest absolute Gasteiger partial charge is 0.375 e. The van der Waals surface area contributed by atoms with Crippen LogP contribution in [0.25, 0.3) is 0 Å². The van der Waals surface area contributed by atoms with E-state index in [0.29, 0.717) is 0 Å². The summed E-state index contributed by atoms with van der Waals surface area (Å²) in [5.74, 6) is 0. The van der Waals surface area contributed by atoms with Crippen LogP contribution in [0.1, 0.15) is 29.2 Å². The minimum atomic E-state index is 0.101. The molecule has 0 aliphatic carbocycles. The number of nitrogens with two attached hydrogens (primary N) is 1. The van der Waals surface area contributed by atoms with Gasteiger partial charge in [-0.15, -0.1) is 0 Å². The van der Waals surface area contributed by atoms with Crippen LogP contribution in [-0.2, 0) is 0 Å². The van der Waals surface area contributed by atoms with Crippen molar-refractivity contribution in [2.75, 3.05) is 18.5 Å². The van der Waals surface area contributed by atoms with E-state index in [1.54, 1.807) is 0 Å². The van der Waals surface area contributed by atoms with Crippen molar-refractivity contribution in [2.45, 2.75) is 26.3 Å². The fourth-order valence-electron chi connectivity index (χ4n) is 2.50. The Hall–Kier alpha value is -1.80. The molecule has 2 aromatic rings. The Balaban J connectivity index is 1.96. The summed E-state index contributed by atoms with van der Waals surface area (Å²) >= 11 is 0. The number of aryl methyl sites for hydroxylation is 2. The molecule has 2 rings (SSSR count). The lowest BCUT2D eigenvalue weighted by atomic mass is 10.0. The summed E-state index contributed by atoms with van der Waals surface area (Å²) in [6, 6.07) is 17.1. The van der Waals surface area contributed by atoms with Gasteiger partial charge >= 0.3 is 0 Å². The maximum Gasteiger partial charge on any atom is 0.0368 e. The zero-order chi connectivity index (χ0) is 14.5. The lowest BCUT2D eigenvalue weighted by molar-refractivity contribution is 0.645. The lowest BCUT2D eigenvalue weighted by Gasteiger charge is -2.22. The van der Waals surface area contributed by atoms with Crippen molar-refractivity contribution in [3.8, 4) is 0 Å². The molecule has 0 bridgehead atoms. The van der Waals surface area contributed by atoms with Crippen LogP contribution < -0.4 is 10.6 Å². The van der Waals surface area contributed by atoms with Crippen molar-refractivity contribution in [2.24, 2.45) is 5.73 Å². The van der Waals surface area contributed by atoms with Gasteiger partial charge < -0.3 is 10.6 Å². The molecule has 20 heavy (non-hydrogen) atoms. The number of rotatable bonds is 5. The summed E-state index contributed by atoms with van der Waals surface area (Å²) in [4.78, 5) is 2.28. The van der Waals surface area contributed by atoms with Gasteiger partial charge in [0.1, 0.15) is 0 Å². The lowest BCUT2D eigenvalue weighted by Crippen LogP contribution is -2.23. The fourth-order valence-corrected chi connectivity index (χ4v) is 2.50. The summed E-state index contributed by atoms with van der Waals surface area (Å²) in [5.41, 5.74) is 11.3. The second-order valence-corrected chi connectivity index (χ2v) is 5.57. The first kappa shape index (κ1) is 14.6. The summed E-state index contributed by atoms with van der Waals surface area (Å²) in [5, 5.41) is 0. The highest BCUT2D eigenvalue weighted by molar-refractivity contribution is 5.50. The van der Waals surface area contributed by atoms with Gasteiger partial charge in [-0.1, -0.05) is 36.4 Å². The van der Waals surface area contributed by atoms with Crippen LogP contribution in [-0.4, -0.2) is 13.6 Å². The van der Waals surface area contributed by atoms with Crippen molar-refractivity contribution >= 4 is 5.69 Å². The van der Waals surface area contributed by atoms with Crippen LogP contribution in [0.2, 0.25) is 0 Å². The Kier molecular flexibility index (Phi) is 4.80. The zero-order valence-electron chi connectivity index (χ0n) is 12.6. The molecule has 1 atom stereocenters. The zero-order valence-corrected chi connectivity index (χ0v) is 12.6. The first-order valence-corrected chi connectivity index (χ1v) is 7.16. The average Bonchev–Trinajstić information content (AvgIpc) is 2.44.